The van der Waals surface area contributed by atoms with Crippen LogP contribution in [-0.2, 0) is 24.3 Å². The lowest BCUT2D eigenvalue weighted by Gasteiger charge is -2.18. The summed E-state index contributed by atoms with van der Waals surface area (Å²) in [6.45, 7) is 3.57. The van der Waals surface area contributed by atoms with E-state index in [1.807, 2.05) is 0 Å². The second kappa shape index (κ2) is 10.7. The standard InChI is InChI=1S/C21H24N2O7S/c1-4-23(5-2)31(27,28)18-8-6-7-17(13-18)22-19(24)14-30-21(26)16-11-9-15(10-12-16)20(25)29-3/h6-13H,4-5,14H2,1-3H3,(H,22,24). The van der Waals surface area contributed by atoms with Crippen LogP contribution in [0.1, 0.15) is 34.6 Å². The molecule has 9 nitrogen and oxygen atoms in total. The van der Waals surface area contributed by atoms with Crippen molar-refractivity contribution in [1.82, 2.24) is 4.31 Å². The van der Waals surface area contributed by atoms with Crippen LogP contribution < -0.4 is 5.32 Å². The molecule has 0 fully saturated rings. The van der Waals surface area contributed by atoms with Gasteiger partial charge in [-0.1, -0.05) is 19.9 Å². The summed E-state index contributed by atoms with van der Waals surface area (Å²) in [5.74, 6) is -1.91. The zero-order valence-corrected chi connectivity index (χ0v) is 18.3. The summed E-state index contributed by atoms with van der Waals surface area (Å²) in [6, 6.07) is 11.4. The van der Waals surface area contributed by atoms with Crippen molar-refractivity contribution in [3.8, 4) is 0 Å². The minimum Gasteiger partial charge on any atom is -0.465 e. The second-order valence-corrected chi connectivity index (χ2v) is 8.25. The summed E-state index contributed by atoms with van der Waals surface area (Å²) in [6.07, 6.45) is 0. The molecule has 0 aromatic heterocycles. The molecule has 0 spiro atoms. The molecule has 0 heterocycles. The van der Waals surface area contributed by atoms with Gasteiger partial charge in [0.1, 0.15) is 0 Å². The smallest absolute Gasteiger partial charge is 0.338 e. The first-order chi connectivity index (χ1) is 14.7. The van der Waals surface area contributed by atoms with Gasteiger partial charge in [0.05, 0.1) is 23.1 Å². The molecule has 0 atom stereocenters. The van der Waals surface area contributed by atoms with Crippen LogP contribution in [0, 0.1) is 0 Å². The highest BCUT2D eigenvalue weighted by molar-refractivity contribution is 7.89. The molecule has 0 radical (unpaired) electrons. The number of carbonyl (C=O) groups excluding carboxylic acids is 3. The number of rotatable bonds is 9. The van der Waals surface area contributed by atoms with E-state index in [1.54, 1.807) is 13.8 Å². The zero-order chi connectivity index (χ0) is 23.0. The van der Waals surface area contributed by atoms with Crippen molar-refractivity contribution >= 4 is 33.6 Å². The van der Waals surface area contributed by atoms with Gasteiger partial charge in [0.25, 0.3) is 5.91 Å². The second-order valence-electron chi connectivity index (χ2n) is 6.31. The molecule has 0 aliphatic carbocycles. The predicted molar refractivity (Wildman–Crippen MR) is 113 cm³/mol. The van der Waals surface area contributed by atoms with Gasteiger partial charge in [0, 0.05) is 18.8 Å². The Hall–Kier alpha value is -3.24. The monoisotopic (exact) mass is 448 g/mol. The van der Waals surface area contributed by atoms with Crippen LogP contribution >= 0.6 is 0 Å². The third-order valence-electron chi connectivity index (χ3n) is 4.34. The van der Waals surface area contributed by atoms with Gasteiger partial charge < -0.3 is 14.8 Å². The number of nitrogens with zero attached hydrogens (tertiary/aromatic N) is 1. The molecule has 2 rings (SSSR count). The molecule has 2 aromatic rings. The molecule has 0 saturated carbocycles. The van der Waals surface area contributed by atoms with E-state index >= 15 is 0 Å². The van der Waals surface area contributed by atoms with Crippen LogP contribution in [0.25, 0.3) is 0 Å². The average molecular weight is 448 g/mol. The van der Waals surface area contributed by atoms with E-state index in [0.29, 0.717) is 13.1 Å². The molecular weight excluding hydrogens is 424 g/mol. The van der Waals surface area contributed by atoms with Crippen molar-refractivity contribution in [3.63, 3.8) is 0 Å². The average Bonchev–Trinajstić information content (AvgIpc) is 2.77. The number of nitrogens with one attached hydrogen (secondary N) is 1. The quantitative estimate of drug-likeness (QED) is 0.585. The summed E-state index contributed by atoms with van der Waals surface area (Å²) >= 11 is 0. The summed E-state index contributed by atoms with van der Waals surface area (Å²) in [5.41, 5.74) is 0.695. The number of anilines is 1. The Labute approximate surface area is 181 Å². The minimum absolute atomic E-state index is 0.0525. The highest BCUT2D eigenvalue weighted by atomic mass is 32.2. The van der Waals surface area contributed by atoms with Crippen molar-refractivity contribution in [3.05, 3.63) is 59.7 Å². The van der Waals surface area contributed by atoms with E-state index in [0.717, 1.165) is 0 Å². The van der Waals surface area contributed by atoms with E-state index in [1.165, 1.54) is 59.9 Å². The number of hydrogen-bond donors (Lipinski definition) is 1. The highest BCUT2D eigenvalue weighted by Crippen LogP contribution is 2.19. The zero-order valence-electron chi connectivity index (χ0n) is 17.5. The Morgan fingerprint density at radius 2 is 1.52 bits per heavy atom. The molecule has 2 aromatic carbocycles. The summed E-state index contributed by atoms with van der Waals surface area (Å²) in [4.78, 5) is 35.7. The van der Waals surface area contributed by atoms with Gasteiger partial charge >= 0.3 is 11.9 Å². The number of esters is 2. The molecular formula is C21H24N2O7S. The number of hydrogen-bond acceptors (Lipinski definition) is 7. The fraction of sp³-hybridized carbons (Fsp3) is 0.286. The maximum absolute atomic E-state index is 12.6. The van der Waals surface area contributed by atoms with Crippen LogP contribution in [0.15, 0.2) is 53.4 Å². The number of amides is 1. The number of benzene rings is 2. The van der Waals surface area contributed by atoms with E-state index in [4.69, 9.17) is 4.74 Å². The molecule has 0 aliphatic heterocycles. The number of ether oxygens (including phenoxy) is 2. The lowest BCUT2D eigenvalue weighted by Crippen LogP contribution is -2.30. The molecule has 1 N–H and O–H groups in total. The summed E-state index contributed by atoms with van der Waals surface area (Å²) in [5, 5.41) is 2.51. The summed E-state index contributed by atoms with van der Waals surface area (Å²) in [7, 11) is -2.42. The molecule has 0 bridgehead atoms. The highest BCUT2D eigenvalue weighted by Gasteiger charge is 2.22. The Bertz CT molecular complexity index is 1050. The van der Waals surface area contributed by atoms with E-state index in [9.17, 15) is 22.8 Å². The normalized spacial score (nSPS) is 11.1. The molecule has 0 saturated heterocycles. The molecule has 1 amide bonds. The van der Waals surface area contributed by atoms with Gasteiger partial charge in [-0.3, -0.25) is 4.79 Å². The van der Waals surface area contributed by atoms with Crippen molar-refractivity contribution in [1.29, 1.82) is 0 Å². The lowest BCUT2D eigenvalue weighted by atomic mass is 10.1. The lowest BCUT2D eigenvalue weighted by molar-refractivity contribution is -0.119. The maximum atomic E-state index is 12.6. The van der Waals surface area contributed by atoms with E-state index in [2.05, 4.69) is 10.1 Å². The summed E-state index contributed by atoms with van der Waals surface area (Å²) < 4.78 is 36.1. The third-order valence-corrected chi connectivity index (χ3v) is 6.38. The van der Waals surface area contributed by atoms with E-state index in [-0.39, 0.29) is 21.7 Å². The molecule has 166 valence electrons. The maximum Gasteiger partial charge on any atom is 0.338 e. The Morgan fingerprint density at radius 1 is 0.935 bits per heavy atom. The third kappa shape index (κ3) is 6.12. The van der Waals surface area contributed by atoms with Gasteiger partial charge in [0.2, 0.25) is 10.0 Å². The number of sulfonamides is 1. The molecule has 10 heteroatoms. The van der Waals surface area contributed by atoms with Gasteiger partial charge in [-0.25, -0.2) is 18.0 Å². The minimum atomic E-state index is -3.67. The van der Waals surface area contributed by atoms with Gasteiger partial charge in [-0.2, -0.15) is 4.31 Å². The first-order valence-electron chi connectivity index (χ1n) is 9.48. The van der Waals surface area contributed by atoms with Crippen molar-refractivity contribution in [2.75, 3.05) is 32.1 Å². The van der Waals surface area contributed by atoms with Crippen LogP contribution in [0.3, 0.4) is 0 Å². The van der Waals surface area contributed by atoms with Gasteiger partial charge in [0.15, 0.2) is 6.61 Å². The first kappa shape index (κ1) is 24.0. The van der Waals surface area contributed by atoms with Crippen molar-refractivity contribution in [2.45, 2.75) is 18.7 Å². The fourth-order valence-corrected chi connectivity index (χ4v) is 4.22. The van der Waals surface area contributed by atoms with Gasteiger partial charge in [-0.15, -0.1) is 0 Å². The largest absolute Gasteiger partial charge is 0.465 e. The van der Waals surface area contributed by atoms with E-state index < -0.39 is 34.5 Å². The topological polar surface area (TPSA) is 119 Å². The SMILES string of the molecule is CCN(CC)S(=O)(=O)c1cccc(NC(=O)COC(=O)c2ccc(C(=O)OC)cc2)c1. The Balaban J connectivity index is 1.99. The molecule has 0 unspecified atom stereocenters. The Morgan fingerprint density at radius 3 is 2.06 bits per heavy atom. The van der Waals surface area contributed by atoms with Crippen LogP contribution in [0.4, 0.5) is 5.69 Å². The van der Waals surface area contributed by atoms with Crippen molar-refractivity contribution < 1.29 is 32.3 Å². The van der Waals surface area contributed by atoms with Crippen LogP contribution in [0.5, 0.6) is 0 Å². The van der Waals surface area contributed by atoms with Crippen molar-refractivity contribution in [2.24, 2.45) is 0 Å². The van der Waals surface area contributed by atoms with Gasteiger partial charge in [-0.05, 0) is 42.5 Å². The fourth-order valence-electron chi connectivity index (χ4n) is 2.72. The number of carbonyl (C=O) groups is 3. The van der Waals surface area contributed by atoms with Crippen LogP contribution in [0.2, 0.25) is 0 Å². The first-order valence-corrected chi connectivity index (χ1v) is 10.9. The Kier molecular flexibility index (Phi) is 8.29. The van der Waals surface area contributed by atoms with Crippen LogP contribution in [-0.4, -0.2) is 57.4 Å². The predicted octanol–water partition coefficient (Wildman–Crippen LogP) is 2.30. The molecule has 0 aliphatic rings. The molecule has 31 heavy (non-hydrogen) atoms. The number of methoxy groups -OCH3 is 1.